The van der Waals surface area contributed by atoms with Gasteiger partial charge >= 0.3 is 6.18 Å². The second-order valence-electron chi connectivity index (χ2n) is 6.32. The zero-order valence-corrected chi connectivity index (χ0v) is 14.2. The maximum Gasteiger partial charge on any atom is 0.408 e. The molecule has 0 spiro atoms. The van der Waals surface area contributed by atoms with Crippen LogP contribution in [0.5, 0.6) is 5.75 Å². The highest BCUT2D eigenvalue weighted by molar-refractivity contribution is 5.78. The molecule has 2 aromatic rings. The lowest BCUT2D eigenvalue weighted by atomic mass is 10.0. The fourth-order valence-electron chi connectivity index (χ4n) is 3.17. The van der Waals surface area contributed by atoms with Crippen molar-refractivity contribution in [3.8, 4) is 16.9 Å². The van der Waals surface area contributed by atoms with Gasteiger partial charge in [-0.05, 0) is 42.5 Å². The summed E-state index contributed by atoms with van der Waals surface area (Å²) in [4.78, 5) is 13.1. The first-order chi connectivity index (χ1) is 12.4. The number of rotatable bonds is 4. The number of nitrogens with zero attached hydrogens (tertiary/aromatic N) is 1. The highest BCUT2D eigenvalue weighted by Gasteiger charge is 2.46. The lowest BCUT2D eigenvalue weighted by Crippen LogP contribution is -2.52. The van der Waals surface area contributed by atoms with E-state index in [2.05, 4.69) is 0 Å². The molecule has 0 radical (unpaired) electrons. The Morgan fingerprint density at radius 3 is 2.31 bits per heavy atom. The molecule has 1 amide bonds. The van der Waals surface area contributed by atoms with Crippen LogP contribution in [-0.4, -0.2) is 36.2 Å². The van der Waals surface area contributed by atoms with E-state index in [0.29, 0.717) is 18.6 Å². The number of carbonyl (C=O) groups excluding carboxylic acids is 1. The third kappa shape index (κ3) is 4.36. The van der Waals surface area contributed by atoms with Crippen LogP contribution in [0.25, 0.3) is 11.1 Å². The molecule has 1 heterocycles. The van der Waals surface area contributed by atoms with E-state index >= 15 is 0 Å². The summed E-state index contributed by atoms with van der Waals surface area (Å²) in [5.41, 5.74) is 2.05. The molecule has 26 heavy (non-hydrogen) atoms. The van der Waals surface area contributed by atoms with Gasteiger partial charge in [0.1, 0.15) is 11.8 Å². The zero-order chi connectivity index (χ0) is 18.6. The number of benzene rings is 2. The molecule has 3 nitrogen and oxygen atoms in total. The van der Waals surface area contributed by atoms with E-state index in [1.165, 1.54) is 0 Å². The maximum absolute atomic E-state index is 13.1. The summed E-state index contributed by atoms with van der Waals surface area (Å²) in [6.45, 7) is -0.267. The molecule has 0 N–H and O–H groups in total. The van der Waals surface area contributed by atoms with E-state index in [1.54, 1.807) is 12.1 Å². The topological polar surface area (TPSA) is 29.5 Å². The quantitative estimate of drug-likeness (QED) is 0.790. The van der Waals surface area contributed by atoms with E-state index < -0.39 is 24.7 Å². The normalized spacial score (nSPS) is 17.8. The van der Waals surface area contributed by atoms with Gasteiger partial charge in [0.25, 0.3) is 5.91 Å². The Labute approximate surface area is 150 Å². The Balaban J connectivity index is 1.60. The molecule has 6 heteroatoms. The van der Waals surface area contributed by atoms with E-state index in [1.807, 2.05) is 42.5 Å². The second kappa shape index (κ2) is 7.81. The summed E-state index contributed by atoms with van der Waals surface area (Å²) in [6.07, 6.45) is -3.37. The van der Waals surface area contributed by atoms with Gasteiger partial charge in [-0.3, -0.25) is 4.79 Å². The number of hydrogen-bond donors (Lipinski definition) is 0. The highest BCUT2D eigenvalue weighted by Crippen LogP contribution is 2.32. The lowest BCUT2D eigenvalue weighted by molar-refractivity contribution is -0.196. The van der Waals surface area contributed by atoms with Crippen molar-refractivity contribution in [2.75, 3.05) is 13.2 Å². The number of ether oxygens (including phenoxy) is 1. The van der Waals surface area contributed by atoms with Crippen LogP contribution in [0.15, 0.2) is 54.6 Å². The van der Waals surface area contributed by atoms with Crippen LogP contribution in [-0.2, 0) is 4.79 Å². The van der Waals surface area contributed by atoms with Gasteiger partial charge in [-0.25, -0.2) is 0 Å². The number of piperidine rings is 1. The summed E-state index contributed by atoms with van der Waals surface area (Å²) in [7, 11) is 0. The van der Waals surface area contributed by atoms with Gasteiger partial charge in [0, 0.05) is 6.54 Å². The molecule has 1 fully saturated rings. The summed E-state index contributed by atoms with van der Waals surface area (Å²) in [5.74, 6) is -0.169. The average Bonchev–Trinajstić information content (AvgIpc) is 2.66. The van der Waals surface area contributed by atoms with E-state index in [0.717, 1.165) is 16.0 Å². The van der Waals surface area contributed by atoms with Crippen LogP contribution in [0.3, 0.4) is 0 Å². The van der Waals surface area contributed by atoms with E-state index in [-0.39, 0.29) is 13.0 Å². The number of hydrogen-bond acceptors (Lipinski definition) is 2. The number of alkyl halides is 3. The van der Waals surface area contributed by atoms with E-state index in [9.17, 15) is 18.0 Å². The van der Waals surface area contributed by atoms with Crippen molar-refractivity contribution < 1.29 is 22.7 Å². The van der Waals surface area contributed by atoms with Crippen molar-refractivity contribution in [2.45, 2.75) is 31.5 Å². The summed E-state index contributed by atoms with van der Waals surface area (Å²) in [5, 5.41) is 0. The third-order valence-electron chi connectivity index (χ3n) is 4.52. The van der Waals surface area contributed by atoms with Gasteiger partial charge in [0.05, 0.1) is 0 Å². The van der Waals surface area contributed by atoms with Gasteiger partial charge in [-0.1, -0.05) is 42.5 Å². The number of amides is 1. The van der Waals surface area contributed by atoms with Crippen molar-refractivity contribution in [1.29, 1.82) is 0 Å². The van der Waals surface area contributed by atoms with Gasteiger partial charge in [0.2, 0.25) is 0 Å². The fraction of sp³-hybridized carbons (Fsp3) is 0.350. The molecule has 0 bridgehead atoms. The molecule has 1 atom stereocenters. The Morgan fingerprint density at radius 1 is 1.00 bits per heavy atom. The zero-order valence-electron chi connectivity index (χ0n) is 14.2. The van der Waals surface area contributed by atoms with Gasteiger partial charge in [-0.15, -0.1) is 0 Å². The highest BCUT2D eigenvalue weighted by atomic mass is 19.4. The first-order valence-electron chi connectivity index (χ1n) is 8.59. The molecule has 1 saturated heterocycles. The summed E-state index contributed by atoms with van der Waals surface area (Å²) >= 11 is 0. The summed E-state index contributed by atoms with van der Waals surface area (Å²) < 4.78 is 44.7. The minimum absolute atomic E-state index is 0.0407. The van der Waals surface area contributed by atoms with Crippen molar-refractivity contribution in [1.82, 2.24) is 4.90 Å². The largest absolute Gasteiger partial charge is 0.484 e. The van der Waals surface area contributed by atoms with Crippen molar-refractivity contribution >= 4 is 5.91 Å². The smallest absolute Gasteiger partial charge is 0.408 e. The fourth-order valence-corrected chi connectivity index (χ4v) is 3.17. The summed E-state index contributed by atoms with van der Waals surface area (Å²) in [6, 6.07) is 15.2. The van der Waals surface area contributed by atoms with Gasteiger partial charge in [-0.2, -0.15) is 13.2 Å². The number of likely N-dealkylation sites (tertiary alicyclic amines) is 1. The predicted octanol–water partition coefficient (Wildman–Crippen LogP) is 4.68. The molecule has 0 aromatic heterocycles. The van der Waals surface area contributed by atoms with Gasteiger partial charge < -0.3 is 9.64 Å². The molecule has 1 aliphatic rings. The molecular formula is C20H20F3NO2. The Bertz CT molecular complexity index is 729. The minimum Gasteiger partial charge on any atom is -0.484 e. The van der Waals surface area contributed by atoms with Crippen molar-refractivity contribution in [3.05, 3.63) is 54.6 Å². The van der Waals surface area contributed by atoms with Crippen LogP contribution >= 0.6 is 0 Å². The van der Waals surface area contributed by atoms with Crippen LogP contribution in [0.1, 0.15) is 19.3 Å². The van der Waals surface area contributed by atoms with Crippen molar-refractivity contribution in [2.24, 2.45) is 0 Å². The van der Waals surface area contributed by atoms with Crippen molar-refractivity contribution in [3.63, 3.8) is 0 Å². The van der Waals surface area contributed by atoms with Crippen LogP contribution in [0, 0.1) is 0 Å². The predicted molar refractivity (Wildman–Crippen MR) is 92.8 cm³/mol. The van der Waals surface area contributed by atoms with E-state index in [4.69, 9.17) is 4.74 Å². The third-order valence-corrected chi connectivity index (χ3v) is 4.52. The minimum atomic E-state index is -4.40. The van der Waals surface area contributed by atoms with Crippen LogP contribution in [0.2, 0.25) is 0 Å². The Kier molecular flexibility index (Phi) is 5.49. The second-order valence-corrected chi connectivity index (χ2v) is 6.32. The molecule has 3 rings (SSSR count). The van der Waals surface area contributed by atoms with Crippen LogP contribution < -0.4 is 4.74 Å². The van der Waals surface area contributed by atoms with Gasteiger partial charge in [0.15, 0.2) is 6.61 Å². The molecule has 0 saturated carbocycles. The molecule has 2 aromatic carbocycles. The standard InChI is InChI=1S/C20H20F3NO2/c21-20(22,23)18-8-4-5-13-24(18)19(25)14-26-17-11-9-16(10-12-17)15-6-2-1-3-7-15/h1-3,6-7,9-12,18H,4-5,8,13-14H2. The lowest BCUT2D eigenvalue weighted by Gasteiger charge is -2.36. The average molecular weight is 363 g/mol. The number of carbonyl (C=O) groups is 1. The SMILES string of the molecule is O=C(COc1ccc(-c2ccccc2)cc1)N1CCCCC1C(F)(F)F. The van der Waals surface area contributed by atoms with Crippen LogP contribution in [0.4, 0.5) is 13.2 Å². The molecule has 138 valence electrons. The molecule has 1 unspecified atom stereocenters. The maximum atomic E-state index is 13.1. The first-order valence-corrected chi connectivity index (χ1v) is 8.59. The Morgan fingerprint density at radius 2 is 1.65 bits per heavy atom. The molecule has 0 aliphatic carbocycles. The monoisotopic (exact) mass is 363 g/mol. The number of halogens is 3. The molecule has 1 aliphatic heterocycles. The molecular weight excluding hydrogens is 343 g/mol. The Hall–Kier alpha value is -2.50. The first kappa shape index (κ1) is 18.3.